The Kier molecular flexibility index (Phi) is 6.24. The molecule has 2 heterocycles. The molecule has 0 radical (unpaired) electrons. The molecule has 6 nitrogen and oxygen atoms in total. The maximum Gasteiger partial charge on any atom is 0.212 e. The van der Waals surface area contributed by atoms with Gasteiger partial charge in [-0.1, -0.05) is 48.0 Å². The highest BCUT2D eigenvalue weighted by Gasteiger charge is 2.09. The normalized spacial score (nSPS) is 11.4. The fourth-order valence-electron chi connectivity index (χ4n) is 2.09. The van der Waals surface area contributed by atoms with E-state index in [1.54, 1.807) is 40.9 Å². The Morgan fingerprint density at radius 1 is 1.27 bits per heavy atom. The van der Waals surface area contributed by atoms with Crippen molar-refractivity contribution >= 4 is 41.2 Å². The van der Waals surface area contributed by atoms with Crippen LogP contribution in [0, 0.1) is 6.92 Å². The molecular formula is C17H16Cl2N4O2S. The van der Waals surface area contributed by atoms with E-state index in [1.807, 2.05) is 26.0 Å². The van der Waals surface area contributed by atoms with Gasteiger partial charge in [0, 0.05) is 0 Å². The average Bonchev–Trinajstić information content (AvgIpc) is 3.22. The molecule has 0 saturated heterocycles. The molecule has 0 aliphatic rings. The number of hydrogen-bond acceptors (Lipinski definition) is 6. The third-order valence-electron chi connectivity index (χ3n) is 3.31. The minimum Gasteiger partial charge on any atom is -0.484 e. The first kappa shape index (κ1) is 18.8. The van der Waals surface area contributed by atoms with Gasteiger partial charge in [-0.25, -0.2) is 0 Å². The van der Waals surface area contributed by atoms with E-state index >= 15 is 0 Å². The number of halogens is 2. The Balaban J connectivity index is 1.67. The second-order valence-corrected chi connectivity index (χ2v) is 7.18. The van der Waals surface area contributed by atoms with Gasteiger partial charge in [0.1, 0.15) is 28.9 Å². The fourth-order valence-corrected chi connectivity index (χ4v) is 3.10. The first-order valence-electron chi connectivity index (χ1n) is 7.83. The highest BCUT2D eigenvalue weighted by Crippen LogP contribution is 2.32. The van der Waals surface area contributed by atoms with Crippen molar-refractivity contribution < 1.29 is 9.15 Å². The van der Waals surface area contributed by atoms with Crippen molar-refractivity contribution in [2.45, 2.75) is 25.6 Å². The van der Waals surface area contributed by atoms with Crippen LogP contribution in [-0.2, 0) is 6.61 Å². The Morgan fingerprint density at radius 2 is 2.12 bits per heavy atom. The molecule has 3 aromatic rings. The number of hydrogen-bond donors (Lipinski definition) is 0. The number of rotatable bonds is 7. The molecule has 26 heavy (non-hydrogen) atoms. The number of furan rings is 1. The maximum absolute atomic E-state index is 6.10. The van der Waals surface area contributed by atoms with E-state index in [2.05, 4.69) is 15.3 Å². The van der Waals surface area contributed by atoms with Crippen LogP contribution in [0.5, 0.6) is 5.75 Å². The molecule has 0 aliphatic carbocycles. The van der Waals surface area contributed by atoms with Crippen molar-refractivity contribution in [1.82, 2.24) is 14.9 Å². The van der Waals surface area contributed by atoms with Gasteiger partial charge in [-0.05, 0) is 36.9 Å². The van der Waals surface area contributed by atoms with Crippen LogP contribution in [0.4, 0.5) is 0 Å². The molecule has 3 rings (SSSR count). The third-order valence-corrected chi connectivity index (χ3v) is 4.91. The number of aromatic nitrogens is 3. The van der Waals surface area contributed by atoms with Gasteiger partial charge in [-0.15, -0.1) is 10.2 Å². The van der Waals surface area contributed by atoms with Crippen molar-refractivity contribution in [3.8, 4) is 5.75 Å². The van der Waals surface area contributed by atoms with E-state index < -0.39 is 0 Å². The second-order valence-electron chi connectivity index (χ2n) is 5.16. The second kappa shape index (κ2) is 8.62. The van der Waals surface area contributed by atoms with E-state index in [0.717, 1.165) is 10.9 Å². The summed E-state index contributed by atoms with van der Waals surface area (Å²) in [6.45, 7) is 4.13. The summed E-state index contributed by atoms with van der Waals surface area (Å²) < 4.78 is 13.0. The molecule has 0 spiro atoms. The minimum absolute atomic E-state index is 0.233. The van der Waals surface area contributed by atoms with Gasteiger partial charge in [0.25, 0.3) is 0 Å². The molecule has 136 valence electrons. The monoisotopic (exact) mass is 410 g/mol. The molecule has 0 unspecified atom stereocenters. The topological polar surface area (TPSA) is 65.4 Å². The van der Waals surface area contributed by atoms with Crippen LogP contribution in [0.15, 0.2) is 45.0 Å². The Hall–Kier alpha value is -1.96. The largest absolute Gasteiger partial charge is 0.484 e. The Morgan fingerprint density at radius 3 is 2.92 bits per heavy atom. The molecule has 0 aliphatic heterocycles. The summed E-state index contributed by atoms with van der Waals surface area (Å²) in [7, 11) is 0. The zero-order valence-corrected chi connectivity index (χ0v) is 16.5. The Bertz CT molecular complexity index is 923. The minimum atomic E-state index is 0.233. The molecule has 0 fully saturated rings. The van der Waals surface area contributed by atoms with Crippen molar-refractivity contribution in [2.75, 3.05) is 5.75 Å². The van der Waals surface area contributed by atoms with Crippen molar-refractivity contribution in [3.05, 3.63) is 57.7 Å². The predicted octanol–water partition coefficient (Wildman–Crippen LogP) is 5.06. The summed E-state index contributed by atoms with van der Waals surface area (Å²) in [6.07, 6.45) is 1.62. The van der Waals surface area contributed by atoms with Gasteiger partial charge in [-0.3, -0.25) is 0 Å². The van der Waals surface area contributed by atoms with E-state index in [-0.39, 0.29) is 6.61 Å². The lowest BCUT2D eigenvalue weighted by Crippen LogP contribution is -1.96. The molecule has 0 saturated carbocycles. The number of ether oxygens (including phenoxy) is 1. The first-order chi connectivity index (χ1) is 12.6. The summed E-state index contributed by atoms with van der Waals surface area (Å²) >= 11 is 13.6. The highest BCUT2D eigenvalue weighted by atomic mass is 35.5. The molecule has 1 aromatic carbocycles. The van der Waals surface area contributed by atoms with E-state index in [1.165, 1.54) is 0 Å². The van der Waals surface area contributed by atoms with Crippen molar-refractivity contribution in [3.63, 3.8) is 0 Å². The number of nitrogens with zero attached hydrogens (tertiary/aromatic N) is 4. The average molecular weight is 411 g/mol. The van der Waals surface area contributed by atoms with Crippen LogP contribution in [0.2, 0.25) is 10.0 Å². The highest BCUT2D eigenvalue weighted by molar-refractivity contribution is 7.99. The van der Waals surface area contributed by atoms with Crippen LogP contribution < -0.4 is 4.74 Å². The van der Waals surface area contributed by atoms with E-state index in [4.69, 9.17) is 32.4 Å². The molecule has 0 amide bonds. The van der Waals surface area contributed by atoms with Crippen LogP contribution >= 0.6 is 35.0 Å². The molecule has 9 heteroatoms. The molecule has 0 bridgehead atoms. The first-order valence-corrected chi connectivity index (χ1v) is 9.57. The molecule has 0 N–H and O–H groups in total. The zero-order chi connectivity index (χ0) is 18.5. The van der Waals surface area contributed by atoms with Gasteiger partial charge in [0.2, 0.25) is 5.16 Å². The molecule has 0 atom stereocenters. The summed E-state index contributed by atoms with van der Waals surface area (Å²) in [5, 5.41) is 14.1. The van der Waals surface area contributed by atoms with Gasteiger partial charge < -0.3 is 9.15 Å². The van der Waals surface area contributed by atoms with Gasteiger partial charge >= 0.3 is 0 Å². The van der Waals surface area contributed by atoms with Crippen LogP contribution in [0.1, 0.15) is 24.3 Å². The summed E-state index contributed by atoms with van der Waals surface area (Å²) in [5.74, 6) is 3.35. The number of thioether (sulfide) groups is 1. The Labute approximate surface area is 165 Å². The SMILES string of the molecule is CCSc1nnc(C)n1/N=C\c1ccc(COc2cccc(Cl)c2Cl)o1. The quantitative estimate of drug-likeness (QED) is 0.402. The van der Waals surface area contributed by atoms with E-state index in [9.17, 15) is 0 Å². The van der Waals surface area contributed by atoms with Crippen molar-refractivity contribution in [1.29, 1.82) is 0 Å². The van der Waals surface area contributed by atoms with E-state index in [0.29, 0.717) is 33.1 Å². The molecule has 2 aromatic heterocycles. The number of benzene rings is 1. The van der Waals surface area contributed by atoms with Crippen LogP contribution in [-0.4, -0.2) is 26.8 Å². The van der Waals surface area contributed by atoms with Crippen LogP contribution in [0.25, 0.3) is 0 Å². The van der Waals surface area contributed by atoms with Gasteiger partial charge in [-0.2, -0.15) is 9.78 Å². The zero-order valence-electron chi connectivity index (χ0n) is 14.1. The van der Waals surface area contributed by atoms with Crippen LogP contribution in [0.3, 0.4) is 0 Å². The van der Waals surface area contributed by atoms with Gasteiger partial charge in [0.15, 0.2) is 5.82 Å². The van der Waals surface area contributed by atoms with Gasteiger partial charge in [0.05, 0.1) is 11.2 Å². The van der Waals surface area contributed by atoms with Crippen molar-refractivity contribution in [2.24, 2.45) is 5.10 Å². The third kappa shape index (κ3) is 4.41. The standard InChI is InChI=1S/C17H16Cl2N4O2S/c1-3-26-17-22-21-11(2)23(17)20-9-12-7-8-13(25-12)10-24-15-6-4-5-14(18)16(15)19/h4-9H,3,10H2,1-2H3/b20-9-. The predicted molar refractivity (Wildman–Crippen MR) is 104 cm³/mol. The lowest BCUT2D eigenvalue weighted by Gasteiger charge is -2.06. The summed E-state index contributed by atoms with van der Waals surface area (Å²) in [6, 6.07) is 8.86. The summed E-state index contributed by atoms with van der Waals surface area (Å²) in [4.78, 5) is 0. The smallest absolute Gasteiger partial charge is 0.212 e. The lowest BCUT2D eigenvalue weighted by atomic mass is 10.3. The fraction of sp³-hybridized carbons (Fsp3) is 0.235. The maximum atomic E-state index is 6.10. The lowest BCUT2D eigenvalue weighted by molar-refractivity contribution is 0.270. The molecular weight excluding hydrogens is 395 g/mol. The summed E-state index contributed by atoms with van der Waals surface area (Å²) in [5.41, 5.74) is 0. The number of aryl methyl sites for hydroxylation is 1.